The lowest BCUT2D eigenvalue weighted by atomic mass is 9.79. The van der Waals surface area contributed by atoms with Crippen LogP contribution in [0, 0.1) is 11.3 Å². The van der Waals surface area contributed by atoms with Crippen LogP contribution in [-0.4, -0.2) is 48.9 Å². The number of ether oxygens (including phenoxy) is 1. The molecule has 2 aliphatic rings. The third-order valence-electron chi connectivity index (χ3n) is 5.09. The number of hydrogen-bond acceptors (Lipinski definition) is 5. The number of likely N-dealkylation sites (tertiary alicyclic amines) is 1. The Kier molecular flexibility index (Phi) is 5.08. The van der Waals surface area contributed by atoms with Crippen molar-refractivity contribution in [2.45, 2.75) is 25.8 Å². The highest BCUT2D eigenvalue weighted by Crippen LogP contribution is 2.30. The Morgan fingerprint density at radius 1 is 1.36 bits per heavy atom. The standard InChI is InChI=1S/C17H23N3O5/c18-16(23)17(3-6-24-7-4-17)11-19-15(22)12-8-14(21)20(9-12)10-13-2-1-5-25-13/h1-2,5,12H,3-4,6-11H2,(H2,18,23)(H,19,22)/t12-/m1/s1. The highest BCUT2D eigenvalue weighted by atomic mass is 16.5. The van der Waals surface area contributed by atoms with E-state index < -0.39 is 17.2 Å². The lowest BCUT2D eigenvalue weighted by molar-refractivity contribution is -0.135. The van der Waals surface area contributed by atoms with Crippen molar-refractivity contribution in [3.63, 3.8) is 0 Å². The van der Waals surface area contributed by atoms with Crippen molar-refractivity contribution in [3.8, 4) is 0 Å². The minimum Gasteiger partial charge on any atom is -0.467 e. The minimum atomic E-state index is -0.760. The fourth-order valence-electron chi connectivity index (χ4n) is 3.36. The van der Waals surface area contributed by atoms with Gasteiger partial charge < -0.3 is 25.1 Å². The van der Waals surface area contributed by atoms with Crippen molar-refractivity contribution in [3.05, 3.63) is 24.2 Å². The van der Waals surface area contributed by atoms with Gasteiger partial charge in [-0.15, -0.1) is 0 Å². The monoisotopic (exact) mass is 349 g/mol. The molecule has 0 spiro atoms. The Labute approximate surface area is 145 Å². The van der Waals surface area contributed by atoms with Crippen LogP contribution in [0.25, 0.3) is 0 Å². The third-order valence-corrected chi connectivity index (χ3v) is 5.09. The van der Waals surface area contributed by atoms with Gasteiger partial charge in [-0.1, -0.05) is 0 Å². The van der Waals surface area contributed by atoms with Gasteiger partial charge >= 0.3 is 0 Å². The highest BCUT2D eigenvalue weighted by molar-refractivity contribution is 5.89. The number of hydrogen-bond donors (Lipinski definition) is 2. The third kappa shape index (κ3) is 3.84. The lowest BCUT2D eigenvalue weighted by Gasteiger charge is -2.34. The van der Waals surface area contributed by atoms with E-state index in [1.54, 1.807) is 23.3 Å². The summed E-state index contributed by atoms with van der Waals surface area (Å²) in [4.78, 5) is 38.0. The summed E-state index contributed by atoms with van der Waals surface area (Å²) in [6.07, 6.45) is 2.71. The van der Waals surface area contributed by atoms with E-state index in [-0.39, 0.29) is 24.8 Å². The van der Waals surface area contributed by atoms with E-state index >= 15 is 0 Å². The molecule has 3 heterocycles. The van der Waals surface area contributed by atoms with Crippen LogP contribution in [-0.2, 0) is 25.7 Å². The number of amides is 3. The maximum Gasteiger partial charge on any atom is 0.225 e. The van der Waals surface area contributed by atoms with E-state index in [1.165, 1.54) is 0 Å². The minimum absolute atomic E-state index is 0.0766. The number of rotatable bonds is 6. The average Bonchev–Trinajstić information content (AvgIpc) is 3.24. The molecule has 3 N–H and O–H groups in total. The zero-order chi connectivity index (χ0) is 17.9. The van der Waals surface area contributed by atoms with E-state index in [0.717, 1.165) is 0 Å². The van der Waals surface area contributed by atoms with Gasteiger partial charge in [0.15, 0.2) is 0 Å². The molecule has 8 heteroatoms. The maximum absolute atomic E-state index is 12.4. The number of carbonyl (C=O) groups is 3. The summed E-state index contributed by atoms with van der Waals surface area (Å²) in [5, 5.41) is 2.82. The number of furan rings is 1. The van der Waals surface area contributed by atoms with Crippen molar-refractivity contribution in [1.29, 1.82) is 0 Å². The summed E-state index contributed by atoms with van der Waals surface area (Å²) in [6, 6.07) is 3.56. The van der Waals surface area contributed by atoms with Crippen LogP contribution < -0.4 is 11.1 Å². The lowest BCUT2D eigenvalue weighted by Crippen LogP contribution is -2.50. The Morgan fingerprint density at radius 3 is 2.76 bits per heavy atom. The summed E-state index contributed by atoms with van der Waals surface area (Å²) in [6.45, 7) is 1.80. The molecule has 2 fully saturated rings. The van der Waals surface area contributed by atoms with Crippen LogP contribution >= 0.6 is 0 Å². The Balaban J connectivity index is 1.54. The summed E-state index contributed by atoms with van der Waals surface area (Å²) < 4.78 is 10.5. The van der Waals surface area contributed by atoms with Crippen LogP contribution in [0.1, 0.15) is 25.0 Å². The first-order chi connectivity index (χ1) is 12.0. The van der Waals surface area contributed by atoms with E-state index in [2.05, 4.69) is 5.32 Å². The molecule has 3 amide bonds. The summed E-state index contributed by atoms with van der Waals surface area (Å²) in [5.41, 5.74) is 4.78. The van der Waals surface area contributed by atoms with Crippen LogP contribution in [0.3, 0.4) is 0 Å². The van der Waals surface area contributed by atoms with Gasteiger partial charge in [0.2, 0.25) is 17.7 Å². The van der Waals surface area contributed by atoms with Crippen LogP contribution in [0.4, 0.5) is 0 Å². The molecule has 2 saturated heterocycles. The van der Waals surface area contributed by atoms with Gasteiger partial charge in [0.1, 0.15) is 5.76 Å². The average molecular weight is 349 g/mol. The topological polar surface area (TPSA) is 115 Å². The quantitative estimate of drug-likeness (QED) is 0.752. The second kappa shape index (κ2) is 7.26. The largest absolute Gasteiger partial charge is 0.467 e. The molecule has 0 saturated carbocycles. The number of primary amides is 1. The van der Waals surface area contributed by atoms with Crippen LogP contribution in [0.2, 0.25) is 0 Å². The number of nitrogens with one attached hydrogen (secondary N) is 1. The first-order valence-electron chi connectivity index (χ1n) is 8.46. The second-order valence-electron chi connectivity index (χ2n) is 6.73. The van der Waals surface area contributed by atoms with Crippen molar-refractivity contribution in [2.24, 2.45) is 17.1 Å². The normalized spacial score (nSPS) is 22.8. The predicted molar refractivity (Wildman–Crippen MR) is 86.9 cm³/mol. The molecule has 1 atom stereocenters. The summed E-state index contributed by atoms with van der Waals surface area (Å²) >= 11 is 0. The molecule has 136 valence electrons. The Bertz CT molecular complexity index is 637. The van der Waals surface area contributed by atoms with Crippen molar-refractivity contribution in [2.75, 3.05) is 26.3 Å². The highest BCUT2D eigenvalue weighted by Gasteiger charge is 2.40. The molecular weight excluding hydrogens is 326 g/mol. The number of carbonyl (C=O) groups excluding carboxylic acids is 3. The predicted octanol–water partition coefficient (Wildman–Crippen LogP) is 0.0264. The van der Waals surface area contributed by atoms with E-state index in [4.69, 9.17) is 14.9 Å². The number of nitrogens with two attached hydrogens (primary N) is 1. The van der Waals surface area contributed by atoms with E-state index in [9.17, 15) is 14.4 Å². The maximum atomic E-state index is 12.4. The summed E-state index contributed by atoms with van der Waals surface area (Å²) in [5.74, 6) is -0.454. The zero-order valence-corrected chi connectivity index (χ0v) is 14.0. The molecule has 1 aromatic heterocycles. The van der Waals surface area contributed by atoms with Gasteiger partial charge in [0, 0.05) is 32.7 Å². The molecule has 0 radical (unpaired) electrons. The van der Waals surface area contributed by atoms with Gasteiger partial charge in [0.25, 0.3) is 0 Å². The molecule has 0 aromatic carbocycles. The Morgan fingerprint density at radius 2 is 2.12 bits per heavy atom. The number of nitrogens with zero attached hydrogens (tertiary/aromatic N) is 1. The van der Waals surface area contributed by atoms with E-state index in [1.807, 2.05) is 0 Å². The fraction of sp³-hybridized carbons (Fsp3) is 0.588. The van der Waals surface area contributed by atoms with Crippen LogP contribution in [0.5, 0.6) is 0 Å². The van der Waals surface area contributed by atoms with Crippen LogP contribution in [0.15, 0.2) is 22.8 Å². The molecule has 2 aliphatic heterocycles. The smallest absolute Gasteiger partial charge is 0.225 e. The Hall–Kier alpha value is -2.35. The fourth-order valence-corrected chi connectivity index (χ4v) is 3.36. The first-order valence-corrected chi connectivity index (χ1v) is 8.46. The van der Waals surface area contributed by atoms with Crippen molar-refractivity contribution < 1.29 is 23.5 Å². The van der Waals surface area contributed by atoms with Gasteiger partial charge in [-0.2, -0.15) is 0 Å². The molecule has 25 heavy (non-hydrogen) atoms. The molecular formula is C17H23N3O5. The van der Waals surface area contributed by atoms with Gasteiger partial charge in [-0.25, -0.2) is 0 Å². The van der Waals surface area contributed by atoms with Gasteiger partial charge in [-0.3, -0.25) is 14.4 Å². The molecule has 1 aromatic rings. The molecule has 3 rings (SSSR count). The van der Waals surface area contributed by atoms with Crippen molar-refractivity contribution in [1.82, 2.24) is 10.2 Å². The molecule has 0 aliphatic carbocycles. The zero-order valence-electron chi connectivity index (χ0n) is 14.0. The van der Waals surface area contributed by atoms with E-state index in [0.29, 0.717) is 44.9 Å². The molecule has 0 unspecified atom stereocenters. The SMILES string of the molecule is NC(=O)C1(CNC(=O)[C@@H]2CC(=O)N(Cc3ccco3)C2)CCOCC1. The summed E-state index contributed by atoms with van der Waals surface area (Å²) in [7, 11) is 0. The second-order valence-corrected chi connectivity index (χ2v) is 6.73. The molecule has 8 nitrogen and oxygen atoms in total. The van der Waals surface area contributed by atoms with Gasteiger partial charge in [-0.05, 0) is 25.0 Å². The van der Waals surface area contributed by atoms with Gasteiger partial charge in [0.05, 0.1) is 24.1 Å². The first kappa shape index (κ1) is 17.5. The molecule has 0 bridgehead atoms. The van der Waals surface area contributed by atoms with Crippen molar-refractivity contribution >= 4 is 17.7 Å².